The van der Waals surface area contributed by atoms with E-state index in [1.807, 2.05) is 0 Å². The summed E-state index contributed by atoms with van der Waals surface area (Å²) in [4.78, 5) is 9.94. The molecule has 0 aromatic heterocycles. The third-order valence-electron chi connectivity index (χ3n) is 1.03. The van der Waals surface area contributed by atoms with Crippen molar-refractivity contribution < 1.29 is 39.0 Å². The van der Waals surface area contributed by atoms with Gasteiger partial charge in [0.2, 0.25) is 0 Å². The van der Waals surface area contributed by atoms with E-state index in [1.165, 1.54) is 0 Å². The van der Waals surface area contributed by atoms with Crippen molar-refractivity contribution in [2.75, 3.05) is 13.2 Å². The fourth-order valence-corrected chi connectivity index (χ4v) is 0.440. The quantitative estimate of drug-likeness (QED) is 0.382. The average molecular weight is 140 g/mol. The number of aliphatic carboxylic acids is 1. The minimum absolute atomic E-state index is 0. The van der Waals surface area contributed by atoms with Crippen molar-refractivity contribution in [2.45, 2.75) is 6.42 Å². The SMILES string of the molecule is O=C([O-])C(CO)CCO.[Li+]. The molecule has 2 N–H and O–H groups in total. The summed E-state index contributed by atoms with van der Waals surface area (Å²) in [6.45, 7) is -0.706. The van der Waals surface area contributed by atoms with E-state index in [1.54, 1.807) is 0 Å². The molecule has 0 saturated heterocycles. The number of carboxylic acid groups (broad SMARTS) is 1. The molecule has 0 amide bonds. The van der Waals surface area contributed by atoms with E-state index in [4.69, 9.17) is 10.2 Å². The smallest absolute Gasteiger partial charge is 0.550 e. The van der Waals surface area contributed by atoms with E-state index in [9.17, 15) is 9.90 Å². The number of aliphatic hydroxyl groups excluding tert-OH is 2. The number of aliphatic hydroxyl groups is 2. The fraction of sp³-hybridized carbons (Fsp3) is 0.800. The van der Waals surface area contributed by atoms with E-state index in [0.717, 1.165) is 0 Å². The van der Waals surface area contributed by atoms with Crippen molar-refractivity contribution in [1.82, 2.24) is 0 Å². The summed E-state index contributed by atoms with van der Waals surface area (Å²) >= 11 is 0. The molecule has 4 nitrogen and oxygen atoms in total. The van der Waals surface area contributed by atoms with Crippen LogP contribution in [0.25, 0.3) is 0 Å². The zero-order valence-electron chi connectivity index (χ0n) is 5.91. The summed E-state index contributed by atoms with van der Waals surface area (Å²) in [5, 5.41) is 26.4. The van der Waals surface area contributed by atoms with Crippen molar-refractivity contribution >= 4 is 5.97 Å². The number of carbonyl (C=O) groups is 1. The van der Waals surface area contributed by atoms with Crippen LogP contribution in [-0.2, 0) is 4.79 Å². The van der Waals surface area contributed by atoms with Gasteiger partial charge in [-0.1, -0.05) is 0 Å². The van der Waals surface area contributed by atoms with Crippen LogP contribution in [0.1, 0.15) is 6.42 Å². The fourth-order valence-electron chi connectivity index (χ4n) is 0.440. The predicted octanol–water partition coefficient (Wildman–Crippen LogP) is -5.27. The van der Waals surface area contributed by atoms with Crippen molar-refractivity contribution in [1.29, 1.82) is 0 Å². The molecule has 0 spiro atoms. The third-order valence-corrected chi connectivity index (χ3v) is 1.03. The maximum Gasteiger partial charge on any atom is 1.00 e. The topological polar surface area (TPSA) is 80.6 Å². The van der Waals surface area contributed by atoms with Gasteiger partial charge in [0.25, 0.3) is 0 Å². The molecule has 1 atom stereocenters. The minimum atomic E-state index is -1.31. The Bertz CT molecular complexity index is 95.6. The van der Waals surface area contributed by atoms with Gasteiger partial charge in [-0.3, -0.25) is 0 Å². The summed E-state index contributed by atoms with van der Waals surface area (Å²) in [7, 11) is 0. The molecular weight excluding hydrogens is 131 g/mol. The molecule has 0 aliphatic rings. The molecular formula is C5H9LiO4. The molecule has 10 heavy (non-hydrogen) atoms. The monoisotopic (exact) mass is 140 g/mol. The molecule has 1 unspecified atom stereocenters. The van der Waals surface area contributed by atoms with Gasteiger partial charge in [-0.15, -0.1) is 0 Å². The number of rotatable bonds is 4. The van der Waals surface area contributed by atoms with Crippen molar-refractivity contribution in [3.8, 4) is 0 Å². The van der Waals surface area contributed by atoms with Gasteiger partial charge in [-0.2, -0.15) is 0 Å². The van der Waals surface area contributed by atoms with Crippen molar-refractivity contribution in [3.63, 3.8) is 0 Å². The minimum Gasteiger partial charge on any atom is -0.550 e. The Morgan fingerprint density at radius 3 is 2.10 bits per heavy atom. The Balaban J connectivity index is 0. The summed E-state index contributed by atoms with van der Waals surface area (Å²) in [6, 6.07) is 0. The van der Waals surface area contributed by atoms with Gasteiger partial charge in [0.05, 0.1) is 6.61 Å². The molecule has 0 fully saturated rings. The number of carbonyl (C=O) groups excluding carboxylic acids is 1. The largest absolute Gasteiger partial charge is 1.00 e. The summed E-state index contributed by atoms with van der Waals surface area (Å²) < 4.78 is 0. The second-order valence-corrected chi connectivity index (χ2v) is 1.71. The normalized spacial score (nSPS) is 11.8. The van der Waals surface area contributed by atoms with Gasteiger partial charge in [-0.05, 0) is 6.42 Å². The van der Waals surface area contributed by atoms with Gasteiger partial charge in [0, 0.05) is 18.5 Å². The molecule has 0 heterocycles. The van der Waals surface area contributed by atoms with Crippen LogP contribution in [0.2, 0.25) is 0 Å². The third kappa shape index (κ3) is 4.83. The maximum absolute atomic E-state index is 9.94. The summed E-state index contributed by atoms with van der Waals surface area (Å²) in [6.07, 6.45) is 0.0544. The van der Waals surface area contributed by atoms with Crippen LogP contribution < -0.4 is 24.0 Å². The molecule has 0 aromatic carbocycles. The van der Waals surface area contributed by atoms with Crippen LogP contribution in [0.5, 0.6) is 0 Å². The standard InChI is InChI=1S/C5H10O4.Li/c6-2-1-4(3-7)5(8)9;/h4,6-7H,1-3H2,(H,8,9);/q;+1/p-1. The van der Waals surface area contributed by atoms with Crippen LogP contribution >= 0.6 is 0 Å². The van der Waals surface area contributed by atoms with E-state index in [-0.39, 0.29) is 31.9 Å². The first-order chi connectivity index (χ1) is 4.22. The predicted molar refractivity (Wildman–Crippen MR) is 27.3 cm³/mol. The first-order valence-corrected chi connectivity index (χ1v) is 2.65. The van der Waals surface area contributed by atoms with E-state index < -0.39 is 18.5 Å². The second-order valence-electron chi connectivity index (χ2n) is 1.71. The molecule has 54 valence electrons. The maximum atomic E-state index is 9.94. The molecule has 5 heteroatoms. The van der Waals surface area contributed by atoms with Crippen molar-refractivity contribution in [2.24, 2.45) is 5.92 Å². The average Bonchev–Trinajstić information content (AvgIpc) is 1.82. The molecule has 0 radical (unpaired) electrons. The Morgan fingerprint density at radius 1 is 1.50 bits per heavy atom. The molecule has 0 aliphatic carbocycles. The number of hydrogen-bond donors (Lipinski definition) is 2. The summed E-state index contributed by atoms with van der Waals surface area (Å²) in [5.41, 5.74) is 0. The molecule has 0 bridgehead atoms. The van der Waals surface area contributed by atoms with Crippen LogP contribution in [0.3, 0.4) is 0 Å². The molecule has 0 saturated carbocycles. The van der Waals surface area contributed by atoms with E-state index in [2.05, 4.69) is 0 Å². The molecule has 0 rings (SSSR count). The Hall–Kier alpha value is -0.0126. The van der Waals surface area contributed by atoms with Crippen LogP contribution in [-0.4, -0.2) is 29.4 Å². The van der Waals surface area contributed by atoms with E-state index >= 15 is 0 Å². The Kier molecular flexibility index (Phi) is 8.98. The molecule has 0 aliphatic heterocycles. The summed E-state index contributed by atoms with van der Waals surface area (Å²) in [5.74, 6) is -2.23. The molecule has 0 aromatic rings. The van der Waals surface area contributed by atoms with Crippen LogP contribution in [0, 0.1) is 5.92 Å². The zero-order chi connectivity index (χ0) is 7.28. The Morgan fingerprint density at radius 2 is 2.00 bits per heavy atom. The second kappa shape index (κ2) is 7.10. The van der Waals surface area contributed by atoms with Gasteiger partial charge < -0.3 is 20.1 Å². The van der Waals surface area contributed by atoms with Gasteiger partial charge in [0.1, 0.15) is 0 Å². The first-order valence-electron chi connectivity index (χ1n) is 2.65. The van der Waals surface area contributed by atoms with Gasteiger partial charge in [-0.25, -0.2) is 0 Å². The zero-order valence-corrected chi connectivity index (χ0v) is 5.91. The van der Waals surface area contributed by atoms with E-state index in [0.29, 0.717) is 0 Å². The first kappa shape index (κ1) is 12.6. The number of carboxylic acids is 1. The van der Waals surface area contributed by atoms with Gasteiger partial charge >= 0.3 is 18.9 Å². The number of hydrogen-bond acceptors (Lipinski definition) is 4. The van der Waals surface area contributed by atoms with Gasteiger partial charge in [0.15, 0.2) is 0 Å². The van der Waals surface area contributed by atoms with Crippen LogP contribution in [0.4, 0.5) is 0 Å². The van der Waals surface area contributed by atoms with Crippen molar-refractivity contribution in [3.05, 3.63) is 0 Å². The Labute approximate surface area is 71.0 Å². The van der Waals surface area contributed by atoms with Crippen LogP contribution in [0.15, 0.2) is 0 Å².